The lowest BCUT2D eigenvalue weighted by molar-refractivity contribution is 0.470. The first-order valence-electron chi connectivity index (χ1n) is 5.16. The molecule has 1 aromatic heterocycles. The lowest BCUT2D eigenvalue weighted by Gasteiger charge is -2.11. The summed E-state index contributed by atoms with van der Waals surface area (Å²) in [5.41, 5.74) is 9.73. The van der Waals surface area contributed by atoms with E-state index in [1.807, 2.05) is 18.2 Å². The van der Waals surface area contributed by atoms with Crippen molar-refractivity contribution >= 4 is 15.9 Å². The second-order valence-corrected chi connectivity index (χ2v) is 4.74. The van der Waals surface area contributed by atoms with Crippen LogP contribution < -0.4 is 5.73 Å². The average Bonchev–Trinajstić information content (AvgIpc) is 2.68. The Balaban J connectivity index is 2.33. The van der Waals surface area contributed by atoms with Gasteiger partial charge in [-0.05, 0) is 58.6 Å². The number of nitrogens with two attached hydrogens (primary N) is 1. The van der Waals surface area contributed by atoms with Gasteiger partial charge in [0.2, 0.25) is 0 Å². The number of hydrogen-bond acceptors (Lipinski definition) is 2. The van der Waals surface area contributed by atoms with Gasteiger partial charge in [-0.15, -0.1) is 0 Å². The Morgan fingerprint density at radius 2 is 1.88 bits per heavy atom. The molecule has 1 unspecified atom stereocenters. The zero-order valence-corrected chi connectivity index (χ0v) is 10.9. The molecule has 0 radical (unpaired) electrons. The van der Waals surface area contributed by atoms with Crippen LogP contribution in [0, 0.1) is 13.8 Å². The van der Waals surface area contributed by atoms with Crippen molar-refractivity contribution in [3.63, 3.8) is 0 Å². The number of benzene rings is 1. The first kappa shape index (κ1) is 11.4. The van der Waals surface area contributed by atoms with Crippen molar-refractivity contribution in [1.82, 2.24) is 0 Å². The molecule has 84 valence electrons. The smallest absolute Gasteiger partial charge is 0.169 e. The maximum Gasteiger partial charge on any atom is 0.169 e. The highest BCUT2D eigenvalue weighted by atomic mass is 79.9. The van der Waals surface area contributed by atoms with Crippen LogP contribution in [0.25, 0.3) is 0 Å². The van der Waals surface area contributed by atoms with Gasteiger partial charge in [0.15, 0.2) is 4.67 Å². The lowest BCUT2D eigenvalue weighted by atomic mass is 10.0. The summed E-state index contributed by atoms with van der Waals surface area (Å²) in [6, 6.07) is 9.79. The van der Waals surface area contributed by atoms with Crippen LogP contribution in [0.2, 0.25) is 0 Å². The minimum Gasteiger partial charge on any atom is -0.452 e. The standard InChI is InChI=1S/C13H14BrNO/c1-8-3-4-10(7-9(8)2)13(15)11-5-6-12(14)16-11/h3-7,13H,15H2,1-2H3. The van der Waals surface area contributed by atoms with Crippen LogP contribution in [0.5, 0.6) is 0 Å². The maximum atomic E-state index is 6.13. The van der Waals surface area contributed by atoms with Crippen LogP contribution in [0.15, 0.2) is 39.4 Å². The Kier molecular flexibility index (Phi) is 3.17. The molecule has 0 amide bonds. The van der Waals surface area contributed by atoms with Gasteiger partial charge in [0.05, 0.1) is 6.04 Å². The van der Waals surface area contributed by atoms with Crippen LogP contribution in [-0.4, -0.2) is 0 Å². The van der Waals surface area contributed by atoms with Crippen molar-refractivity contribution in [1.29, 1.82) is 0 Å². The van der Waals surface area contributed by atoms with Crippen molar-refractivity contribution in [2.45, 2.75) is 19.9 Å². The molecule has 0 bridgehead atoms. The second kappa shape index (κ2) is 4.44. The van der Waals surface area contributed by atoms with Crippen LogP contribution in [0.4, 0.5) is 0 Å². The predicted molar refractivity (Wildman–Crippen MR) is 68.4 cm³/mol. The van der Waals surface area contributed by atoms with Crippen LogP contribution in [0.3, 0.4) is 0 Å². The third kappa shape index (κ3) is 2.20. The number of hydrogen-bond donors (Lipinski definition) is 1. The second-order valence-electron chi connectivity index (χ2n) is 3.96. The highest BCUT2D eigenvalue weighted by Crippen LogP contribution is 2.25. The van der Waals surface area contributed by atoms with Crippen molar-refractivity contribution < 1.29 is 4.42 Å². The van der Waals surface area contributed by atoms with E-state index in [9.17, 15) is 0 Å². The summed E-state index contributed by atoms with van der Waals surface area (Å²) in [4.78, 5) is 0. The molecule has 2 aromatic rings. The summed E-state index contributed by atoms with van der Waals surface area (Å²) in [5, 5.41) is 0. The molecule has 0 saturated carbocycles. The van der Waals surface area contributed by atoms with Crippen molar-refractivity contribution in [2.24, 2.45) is 5.73 Å². The summed E-state index contributed by atoms with van der Waals surface area (Å²) in [6.45, 7) is 4.18. The van der Waals surface area contributed by atoms with E-state index in [-0.39, 0.29) is 6.04 Å². The number of rotatable bonds is 2. The van der Waals surface area contributed by atoms with Gasteiger partial charge in [0.1, 0.15) is 5.76 Å². The van der Waals surface area contributed by atoms with E-state index < -0.39 is 0 Å². The molecule has 2 rings (SSSR count). The summed E-state index contributed by atoms with van der Waals surface area (Å²) in [5.74, 6) is 0.773. The molecule has 0 saturated heterocycles. The average molecular weight is 280 g/mol. The predicted octanol–water partition coefficient (Wildman–Crippen LogP) is 3.71. The first-order chi connectivity index (χ1) is 7.58. The van der Waals surface area contributed by atoms with Gasteiger partial charge in [-0.25, -0.2) is 0 Å². The number of furan rings is 1. The molecule has 0 aliphatic carbocycles. The van der Waals surface area contributed by atoms with Crippen molar-refractivity contribution in [3.05, 3.63) is 57.5 Å². The van der Waals surface area contributed by atoms with E-state index in [0.717, 1.165) is 11.3 Å². The molecule has 0 aliphatic rings. The van der Waals surface area contributed by atoms with Gasteiger partial charge in [-0.2, -0.15) is 0 Å². The van der Waals surface area contributed by atoms with Crippen LogP contribution in [0.1, 0.15) is 28.5 Å². The summed E-state index contributed by atoms with van der Waals surface area (Å²) in [6.07, 6.45) is 0. The Bertz CT molecular complexity index is 504. The third-order valence-electron chi connectivity index (χ3n) is 2.79. The van der Waals surface area contributed by atoms with Crippen LogP contribution >= 0.6 is 15.9 Å². The van der Waals surface area contributed by atoms with Gasteiger partial charge in [-0.1, -0.05) is 18.2 Å². The first-order valence-corrected chi connectivity index (χ1v) is 5.95. The molecular formula is C13H14BrNO. The van der Waals surface area contributed by atoms with Gasteiger partial charge in [-0.3, -0.25) is 0 Å². The van der Waals surface area contributed by atoms with Gasteiger partial charge >= 0.3 is 0 Å². The largest absolute Gasteiger partial charge is 0.452 e. The van der Waals surface area contributed by atoms with E-state index in [1.54, 1.807) is 0 Å². The van der Waals surface area contributed by atoms with Crippen LogP contribution in [-0.2, 0) is 0 Å². The quantitative estimate of drug-likeness (QED) is 0.910. The lowest BCUT2D eigenvalue weighted by Crippen LogP contribution is -2.11. The van der Waals surface area contributed by atoms with E-state index in [1.165, 1.54) is 11.1 Å². The molecule has 1 heterocycles. The molecule has 1 aromatic carbocycles. The Morgan fingerprint density at radius 3 is 2.44 bits per heavy atom. The fraction of sp³-hybridized carbons (Fsp3) is 0.231. The molecule has 2 nitrogen and oxygen atoms in total. The Morgan fingerprint density at radius 1 is 1.12 bits per heavy atom. The SMILES string of the molecule is Cc1ccc(C(N)c2ccc(Br)o2)cc1C. The van der Waals surface area contributed by atoms with Crippen molar-refractivity contribution in [3.8, 4) is 0 Å². The fourth-order valence-corrected chi connectivity index (χ4v) is 1.94. The molecule has 0 spiro atoms. The normalized spacial score (nSPS) is 12.8. The Labute approximate surface area is 104 Å². The monoisotopic (exact) mass is 279 g/mol. The van der Waals surface area contributed by atoms with Gasteiger partial charge in [0.25, 0.3) is 0 Å². The number of halogens is 1. The van der Waals surface area contributed by atoms with E-state index in [2.05, 4.69) is 41.9 Å². The minimum atomic E-state index is -0.203. The Hall–Kier alpha value is -1.06. The molecule has 2 N–H and O–H groups in total. The van der Waals surface area contributed by atoms with E-state index >= 15 is 0 Å². The summed E-state index contributed by atoms with van der Waals surface area (Å²) < 4.78 is 6.17. The minimum absolute atomic E-state index is 0.203. The van der Waals surface area contributed by atoms with E-state index in [0.29, 0.717) is 4.67 Å². The third-order valence-corrected chi connectivity index (χ3v) is 3.22. The molecule has 0 aliphatic heterocycles. The highest BCUT2D eigenvalue weighted by molar-refractivity contribution is 9.10. The maximum absolute atomic E-state index is 6.13. The van der Waals surface area contributed by atoms with Gasteiger partial charge < -0.3 is 10.2 Å². The number of aryl methyl sites for hydroxylation is 2. The molecule has 3 heteroatoms. The summed E-state index contributed by atoms with van der Waals surface area (Å²) >= 11 is 3.28. The summed E-state index contributed by atoms with van der Waals surface area (Å²) in [7, 11) is 0. The zero-order chi connectivity index (χ0) is 11.7. The fourth-order valence-electron chi connectivity index (χ4n) is 1.62. The van der Waals surface area contributed by atoms with E-state index in [4.69, 9.17) is 10.2 Å². The molecule has 16 heavy (non-hydrogen) atoms. The van der Waals surface area contributed by atoms with Gasteiger partial charge in [0, 0.05) is 0 Å². The molecular weight excluding hydrogens is 266 g/mol. The zero-order valence-electron chi connectivity index (χ0n) is 9.33. The molecule has 1 atom stereocenters. The topological polar surface area (TPSA) is 39.2 Å². The molecule has 0 fully saturated rings. The van der Waals surface area contributed by atoms with Crippen molar-refractivity contribution in [2.75, 3.05) is 0 Å². The highest BCUT2D eigenvalue weighted by Gasteiger charge is 2.13.